The molecule has 3 N–H and O–H groups in total. The van der Waals surface area contributed by atoms with Gasteiger partial charge in [-0.2, -0.15) is 0 Å². The smallest absolute Gasteiger partial charge is 0.224 e. The molecule has 2 unspecified atom stereocenters. The Labute approximate surface area is 263 Å². The Kier molecular flexibility index (Phi) is 7.08. The molecule has 4 heterocycles. The minimum absolute atomic E-state index is 0.0675. The number of nitrogens with one attached hydrogen (secondary N) is 2. The molecule has 3 aromatic carbocycles. The molecule has 1 aromatic heterocycles. The first-order valence-corrected chi connectivity index (χ1v) is 16.0. The van der Waals surface area contributed by atoms with Gasteiger partial charge in [0, 0.05) is 29.2 Å². The summed E-state index contributed by atoms with van der Waals surface area (Å²) in [5.41, 5.74) is 3.06. The van der Waals surface area contributed by atoms with E-state index < -0.39 is 29.2 Å². The number of fused-ring (bicyclic) bond motifs is 4. The number of ketones is 1. The number of hydrogen-bond donors (Lipinski definition) is 3. The average molecular weight is 606 g/mol. The highest BCUT2D eigenvalue weighted by molar-refractivity contribution is 5.92. The average Bonchev–Trinajstić information content (AvgIpc) is 3.72. The summed E-state index contributed by atoms with van der Waals surface area (Å²) in [5, 5.41) is 17.9. The van der Waals surface area contributed by atoms with Crippen molar-refractivity contribution >= 4 is 17.4 Å². The van der Waals surface area contributed by atoms with Crippen LogP contribution in [0.3, 0.4) is 0 Å². The van der Waals surface area contributed by atoms with Crippen molar-refractivity contribution in [2.45, 2.75) is 76.7 Å². The number of anilines is 1. The molecule has 4 aromatic rings. The van der Waals surface area contributed by atoms with Crippen molar-refractivity contribution in [1.82, 2.24) is 10.3 Å². The Hall–Kier alpha value is -4.43. The quantitative estimate of drug-likeness (QED) is 0.226. The number of nitrogens with zero attached hydrogens (tertiary/aromatic N) is 1. The van der Waals surface area contributed by atoms with Crippen LogP contribution < -0.4 is 15.4 Å². The number of rotatable bonds is 7. The lowest BCUT2D eigenvalue weighted by Gasteiger charge is -2.29. The second-order valence-electron chi connectivity index (χ2n) is 12.9. The molecular formula is C37H39N3O5. The summed E-state index contributed by atoms with van der Waals surface area (Å²) in [4.78, 5) is 32.7. The lowest BCUT2D eigenvalue weighted by Crippen LogP contribution is -2.43. The van der Waals surface area contributed by atoms with Crippen LogP contribution in [-0.2, 0) is 21.4 Å². The third-order valence-corrected chi connectivity index (χ3v) is 10.00. The molecule has 1 amide bonds. The first-order valence-electron chi connectivity index (χ1n) is 16.0. The van der Waals surface area contributed by atoms with E-state index in [0.717, 1.165) is 33.7 Å². The van der Waals surface area contributed by atoms with E-state index in [1.165, 1.54) is 0 Å². The van der Waals surface area contributed by atoms with Crippen LogP contribution in [0.1, 0.15) is 81.3 Å². The normalized spacial score (nSPS) is 23.2. The third-order valence-electron chi connectivity index (χ3n) is 10.00. The Morgan fingerprint density at radius 3 is 2.49 bits per heavy atom. The summed E-state index contributed by atoms with van der Waals surface area (Å²) in [6, 6.07) is 23.6. The Bertz CT molecular complexity index is 1780. The number of oxazole rings is 1. The van der Waals surface area contributed by atoms with Crippen LogP contribution in [0, 0.1) is 11.8 Å². The fourth-order valence-corrected chi connectivity index (χ4v) is 7.27. The van der Waals surface area contributed by atoms with Crippen LogP contribution in [0.4, 0.5) is 5.69 Å². The van der Waals surface area contributed by atoms with E-state index in [1.807, 2.05) is 74.5 Å². The molecule has 3 aliphatic rings. The van der Waals surface area contributed by atoms with Gasteiger partial charge in [0.1, 0.15) is 28.5 Å². The maximum Gasteiger partial charge on any atom is 0.224 e. The van der Waals surface area contributed by atoms with E-state index in [9.17, 15) is 14.7 Å². The van der Waals surface area contributed by atoms with Crippen molar-refractivity contribution in [3.8, 4) is 17.0 Å². The zero-order valence-corrected chi connectivity index (χ0v) is 26.1. The molecule has 0 saturated carbocycles. The lowest BCUT2D eigenvalue weighted by molar-refractivity contribution is -0.141. The molecule has 4 atom stereocenters. The van der Waals surface area contributed by atoms with E-state index in [1.54, 1.807) is 13.8 Å². The molecule has 3 aliphatic heterocycles. The summed E-state index contributed by atoms with van der Waals surface area (Å²) in [5.74, 6) is 0.428. The topological polar surface area (TPSA) is 114 Å². The van der Waals surface area contributed by atoms with Crippen LogP contribution in [0.15, 0.2) is 77.2 Å². The fraction of sp³-hybridized carbons (Fsp3) is 0.378. The van der Waals surface area contributed by atoms with Crippen LogP contribution >= 0.6 is 0 Å². The minimum atomic E-state index is -1.47. The molecule has 232 valence electrons. The van der Waals surface area contributed by atoms with Gasteiger partial charge in [-0.15, -0.1) is 0 Å². The van der Waals surface area contributed by atoms with Crippen molar-refractivity contribution < 1.29 is 23.8 Å². The van der Waals surface area contributed by atoms with Crippen molar-refractivity contribution in [1.29, 1.82) is 0 Å². The SMILES string of the molecule is CCC(O)(CC)C(=O)CC1Cc2ccc3c(c2)C2(c4ccccc4N[C@H]2O3)c2oc(nc2-c2ccccc2)[C@H](C(C)C)NC1=O. The second-order valence-corrected chi connectivity index (χ2v) is 12.9. The number of ether oxygens (including phenoxy) is 1. The Morgan fingerprint density at radius 1 is 1.02 bits per heavy atom. The number of amides is 1. The Morgan fingerprint density at radius 2 is 1.76 bits per heavy atom. The summed E-state index contributed by atoms with van der Waals surface area (Å²) in [6.07, 6.45) is 0.345. The molecule has 8 heteroatoms. The molecule has 7 rings (SSSR count). The Balaban J connectivity index is 1.48. The van der Waals surface area contributed by atoms with E-state index in [4.69, 9.17) is 14.1 Å². The molecule has 0 radical (unpaired) electrons. The monoisotopic (exact) mass is 605 g/mol. The number of aromatic nitrogens is 1. The van der Waals surface area contributed by atoms with Gasteiger partial charge in [-0.1, -0.05) is 88.4 Å². The summed E-state index contributed by atoms with van der Waals surface area (Å²) in [7, 11) is 0. The van der Waals surface area contributed by atoms with Gasteiger partial charge in [0.15, 0.2) is 17.8 Å². The van der Waals surface area contributed by atoms with Crippen LogP contribution in [0.5, 0.6) is 5.75 Å². The second kappa shape index (κ2) is 10.9. The third kappa shape index (κ3) is 4.49. The minimum Gasteiger partial charge on any atom is -0.469 e. The molecule has 0 aliphatic carbocycles. The molecule has 45 heavy (non-hydrogen) atoms. The zero-order valence-electron chi connectivity index (χ0n) is 26.1. The van der Waals surface area contributed by atoms with Gasteiger partial charge in [-0.25, -0.2) is 4.98 Å². The highest BCUT2D eigenvalue weighted by Gasteiger charge is 2.60. The van der Waals surface area contributed by atoms with Gasteiger partial charge in [0.2, 0.25) is 11.8 Å². The standard InChI is InChI=1S/C37H39N3O5/c1-5-36(43,6-2)29(41)20-24-18-22-16-17-28-26(19-22)37(25-14-10-11-15-27(25)38-35(37)44-28)32-31(23-12-8-7-9-13-23)40-34(45-32)30(21(3)4)39-33(24)42/h7-17,19,21,24,30,35,38,43H,5-6,18,20H2,1-4H3,(H,39,42)/t24?,30-,35-,37?/m0/s1. The van der Waals surface area contributed by atoms with Gasteiger partial charge < -0.3 is 24.9 Å². The van der Waals surface area contributed by atoms with E-state index in [-0.39, 0.29) is 24.0 Å². The molecule has 0 fully saturated rings. The number of Topliss-reactive ketones (excluding diaryl/α,β-unsaturated/α-hetero) is 1. The number of carbonyl (C=O) groups excluding carboxylic acids is 2. The number of carbonyl (C=O) groups is 2. The maximum absolute atomic E-state index is 14.1. The van der Waals surface area contributed by atoms with Crippen molar-refractivity contribution in [2.24, 2.45) is 11.8 Å². The summed E-state index contributed by atoms with van der Waals surface area (Å²) >= 11 is 0. The molecular weight excluding hydrogens is 566 g/mol. The van der Waals surface area contributed by atoms with Crippen LogP contribution in [-0.4, -0.2) is 33.6 Å². The number of benzene rings is 3. The van der Waals surface area contributed by atoms with E-state index in [0.29, 0.717) is 36.6 Å². The lowest BCUT2D eigenvalue weighted by atomic mass is 9.72. The maximum atomic E-state index is 14.1. The van der Waals surface area contributed by atoms with Crippen molar-refractivity contribution in [2.75, 3.05) is 5.32 Å². The van der Waals surface area contributed by atoms with Gasteiger partial charge in [-0.05, 0) is 48.4 Å². The van der Waals surface area contributed by atoms with Gasteiger partial charge in [0.05, 0.1) is 0 Å². The molecule has 1 spiro atoms. The van der Waals surface area contributed by atoms with E-state index >= 15 is 0 Å². The summed E-state index contributed by atoms with van der Waals surface area (Å²) in [6.45, 7) is 7.63. The van der Waals surface area contributed by atoms with Gasteiger partial charge >= 0.3 is 0 Å². The number of hydrogen-bond acceptors (Lipinski definition) is 7. The largest absolute Gasteiger partial charge is 0.469 e. The predicted octanol–water partition coefficient (Wildman–Crippen LogP) is 6.32. The molecule has 0 saturated heterocycles. The first-order chi connectivity index (χ1) is 21.7. The predicted molar refractivity (Wildman–Crippen MR) is 171 cm³/mol. The fourth-order valence-electron chi connectivity index (χ4n) is 7.27. The van der Waals surface area contributed by atoms with Gasteiger partial charge in [-0.3, -0.25) is 9.59 Å². The van der Waals surface area contributed by atoms with E-state index in [2.05, 4.69) is 22.8 Å². The molecule has 4 bridgehead atoms. The highest BCUT2D eigenvalue weighted by Crippen LogP contribution is 2.59. The van der Waals surface area contributed by atoms with Crippen LogP contribution in [0.2, 0.25) is 0 Å². The van der Waals surface area contributed by atoms with Crippen molar-refractivity contribution in [3.05, 3.63) is 101 Å². The number of para-hydroxylation sites is 1. The van der Waals surface area contributed by atoms with Gasteiger partial charge in [0.25, 0.3) is 0 Å². The highest BCUT2D eigenvalue weighted by atomic mass is 16.5. The first kappa shape index (κ1) is 29.3. The van der Waals surface area contributed by atoms with Crippen molar-refractivity contribution in [3.63, 3.8) is 0 Å². The number of aliphatic hydroxyl groups is 1. The summed E-state index contributed by atoms with van der Waals surface area (Å²) < 4.78 is 13.6. The molecule has 8 nitrogen and oxygen atoms in total. The van der Waals surface area contributed by atoms with Crippen LogP contribution in [0.25, 0.3) is 11.3 Å². The zero-order chi connectivity index (χ0) is 31.5.